The number of aromatic carboxylic acids is 1. The van der Waals surface area contributed by atoms with Crippen molar-refractivity contribution in [3.8, 4) is 11.5 Å². The number of carbonyl (C=O) groups is 1. The molecule has 94 valence electrons. The highest BCUT2D eigenvalue weighted by Crippen LogP contribution is 2.30. The molecule has 0 spiro atoms. The third-order valence-corrected chi connectivity index (χ3v) is 2.28. The van der Waals surface area contributed by atoms with Crippen LogP contribution in [0, 0.1) is 0 Å². The molecule has 0 heterocycles. The number of rotatable bonds is 4. The van der Waals surface area contributed by atoms with Crippen molar-refractivity contribution in [3.63, 3.8) is 0 Å². The zero-order valence-corrected chi connectivity index (χ0v) is 10.2. The fraction of sp³-hybridized carbons (Fsp3) is 0.417. The second kappa shape index (κ2) is 4.63. The largest absolute Gasteiger partial charge is 0.508 e. The highest BCUT2D eigenvalue weighted by atomic mass is 16.5. The molecule has 0 atom stereocenters. The molecule has 4 N–H and O–H groups in total. The van der Waals surface area contributed by atoms with Crippen LogP contribution >= 0.6 is 0 Å². The topological polar surface area (TPSA) is 92.8 Å². The van der Waals surface area contributed by atoms with Gasteiger partial charge in [0.05, 0.1) is 7.11 Å². The molecule has 0 amide bonds. The quantitative estimate of drug-likeness (QED) is 0.738. The van der Waals surface area contributed by atoms with Crippen LogP contribution in [0.15, 0.2) is 12.1 Å². The molecule has 0 aliphatic rings. The maximum absolute atomic E-state index is 11.0. The van der Waals surface area contributed by atoms with Crippen molar-refractivity contribution in [1.29, 1.82) is 0 Å². The molecule has 0 fully saturated rings. The normalized spacial score (nSPS) is 11.3. The Bertz CT molecular complexity index is 435. The zero-order valence-electron chi connectivity index (χ0n) is 10.2. The lowest BCUT2D eigenvalue weighted by Gasteiger charge is -2.20. The minimum absolute atomic E-state index is 0.00891. The molecule has 5 heteroatoms. The first kappa shape index (κ1) is 13.3. The second-order valence-corrected chi connectivity index (χ2v) is 4.65. The summed E-state index contributed by atoms with van der Waals surface area (Å²) in [6.45, 7) is 3.61. The summed E-state index contributed by atoms with van der Waals surface area (Å²) in [5, 5.41) is 18.8. The van der Waals surface area contributed by atoms with Crippen molar-refractivity contribution in [2.24, 2.45) is 5.73 Å². The van der Waals surface area contributed by atoms with Gasteiger partial charge in [0.1, 0.15) is 17.1 Å². The number of phenolic OH excluding ortho intramolecular Hbond substituents is 1. The predicted molar refractivity (Wildman–Crippen MR) is 63.6 cm³/mol. The van der Waals surface area contributed by atoms with Crippen LogP contribution in [-0.4, -0.2) is 28.8 Å². The van der Waals surface area contributed by atoms with Crippen LogP contribution in [0.5, 0.6) is 11.5 Å². The van der Waals surface area contributed by atoms with E-state index in [4.69, 9.17) is 15.6 Å². The van der Waals surface area contributed by atoms with Gasteiger partial charge in [-0.3, -0.25) is 0 Å². The van der Waals surface area contributed by atoms with Crippen molar-refractivity contribution >= 4 is 5.97 Å². The van der Waals surface area contributed by atoms with Crippen molar-refractivity contribution in [2.75, 3.05) is 7.11 Å². The van der Waals surface area contributed by atoms with Gasteiger partial charge in [-0.15, -0.1) is 0 Å². The van der Waals surface area contributed by atoms with Crippen molar-refractivity contribution in [1.82, 2.24) is 0 Å². The van der Waals surface area contributed by atoms with Gasteiger partial charge in [-0.1, -0.05) is 0 Å². The zero-order chi connectivity index (χ0) is 13.2. The highest BCUT2D eigenvalue weighted by molar-refractivity contribution is 5.91. The molecule has 0 saturated heterocycles. The third-order valence-electron chi connectivity index (χ3n) is 2.28. The molecule has 0 unspecified atom stereocenters. The smallest absolute Gasteiger partial charge is 0.339 e. The van der Waals surface area contributed by atoms with Crippen molar-refractivity contribution in [2.45, 2.75) is 25.8 Å². The van der Waals surface area contributed by atoms with E-state index in [0.717, 1.165) is 0 Å². The van der Waals surface area contributed by atoms with Gasteiger partial charge in [0, 0.05) is 11.6 Å². The summed E-state index contributed by atoms with van der Waals surface area (Å²) in [5.41, 5.74) is 5.83. The highest BCUT2D eigenvalue weighted by Gasteiger charge is 2.19. The number of nitrogens with two attached hydrogens (primary N) is 1. The molecule has 5 nitrogen and oxygen atoms in total. The summed E-state index contributed by atoms with van der Waals surface area (Å²) in [5.74, 6) is -0.975. The standard InChI is InChI=1S/C12H17NO4/c1-12(2,13)6-7-4-8(11(15)16)10(17-3)5-9(7)14/h4-5,14H,6,13H2,1-3H3,(H,15,16). The minimum Gasteiger partial charge on any atom is -0.508 e. The molecule has 0 aliphatic heterocycles. The number of phenols is 1. The van der Waals surface area contributed by atoms with E-state index in [0.29, 0.717) is 12.0 Å². The molecule has 1 aromatic carbocycles. The second-order valence-electron chi connectivity index (χ2n) is 4.65. The maximum atomic E-state index is 11.0. The molecule has 0 saturated carbocycles. The first-order chi connectivity index (χ1) is 7.74. The minimum atomic E-state index is -1.10. The molecular weight excluding hydrogens is 222 g/mol. The predicted octanol–water partition coefficient (Wildman–Crippen LogP) is 1.38. The fourth-order valence-corrected chi connectivity index (χ4v) is 1.58. The molecule has 0 aliphatic carbocycles. The third kappa shape index (κ3) is 3.35. The summed E-state index contributed by atoms with van der Waals surface area (Å²) in [6, 6.07) is 2.69. The van der Waals surface area contributed by atoms with Crippen LogP contribution in [0.3, 0.4) is 0 Å². The first-order valence-electron chi connectivity index (χ1n) is 5.16. The first-order valence-corrected chi connectivity index (χ1v) is 5.16. The van der Waals surface area contributed by atoms with Crippen LogP contribution < -0.4 is 10.5 Å². The monoisotopic (exact) mass is 239 g/mol. The summed E-state index contributed by atoms with van der Waals surface area (Å²) in [4.78, 5) is 11.0. The van der Waals surface area contributed by atoms with Crippen molar-refractivity contribution < 1.29 is 19.7 Å². The van der Waals surface area contributed by atoms with Gasteiger partial charge in [0.15, 0.2) is 0 Å². The van der Waals surface area contributed by atoms with Crippen molar-refractivity contribution in [3.05, 3.63) is 23.3 Å². The van der Waals surface area contributed by atoms with E-state index in [9.17, 15) is 9.90 Å². The van der Waals surface area contributed by atoms with E-state index in [1.807, 2.05) is 0 Å². The SMILES string of the molecule is COc1cc(O)c(CC(C)(C)N)cc1C(=O)O. The number of benzene rings is 1. The summed E-state index contributed by atoms with van der Waals surface area (Å²) in [6.07, 6.45) is 0.378. The Morgan fingerprint density at radius 1 is 1.47 bits per heavy atom. The molecule has 1 rings (SSSR count). The number of carboxylic acid groups (broad SMARTS) is 1. The lowest BCUT2D eigenvalue weighted by molar-refractivity contribution is 0.0693. The summed E-state index contributed by atoms with van der Waals surface area (Å²) in [7, 11) is 1.35. The number of aromatic hydroxyl groups is 1. The van der Waals surface area contributed by atoms with E-state index < -0.39 is 11.5 Å². The number of ether oxygens (including phenoxy) is 1. The Balaban J connectivity index is 3.25. The molecule has 0 bridgehead atoms. The summed E-state index contributed by atoms with van der Waals surface area (Å²) < 4.78 is 4.90. The van der Waals surface area contributed by atoms with E-state index in [1.165, 1.54) is 19.2 Å². The number of carboxylic acids is 1. The lowest BCUT2D eigenvalue weighted by atomic mass is 9.94. The van der Waals surface area contributed by atoms with Gasteiger partial charge in [-0.25, -0.2) is 4.79 Å². The van der Waals surface area contributed by atoms with Crippen LogP contribution in [0.25, 0.3) is 0 Å². The number of hydrogen-bond donors (Lipinski definition) is 3. The van der Waals surface area contributed by atoms with E-state index >= 15 is 0 Å². The number of methoxy groups -OCH3 is 1. The van der Waals surface area contributed by atoms with E-state index in [1.54, 1.807) is 13.8 Å². The van der Waals surface area contributed by atoms with Crippen LogP contribution in [0.4, 0.5) is 0 Å². The molecule has 1 aromatic rings. The average Bonchev–Trinajstić information content (AvgIpc) is 2.18. The number of hydrogen-bond acceptors (Lipinski definition) is 4. The van der Waals surface area contributed by atoms with Gasteiger partial charge in [-0.05, 0) is 31.9 Å². The average molecular weight is 239 g/mol. The Morgan fingerprint density at radius 2 is 2.06 bits per heavy atom. The fourth-order valence-electron chi connectivity index (χ4n) is 1.58. The Hall–Kier alpha value is -1.75. The van der Waals surface area contributed by atoms with Gasteiger partial charge < -0.3 is 20.7 Å². The van der Waals surface area contributed by atoms with Crippen LogP contribution in [0.2, 0.25) is 0 Å². The molecule has 0 radical (unpaired) electrons. The van der Waals surface area contributed by atoms with Gasteiger partial charge in [-0.2, -0.15) is 0 Å². The molecule has 0 aromatic heterocycles. The maximum Gasteiger partial charge on any atom is 0.339 e. The lowest BCUT2D eigenvalue weighted by Crippen LogP contribution is -2.34. The Kier molecular flexibility index (Phi) is 3.63. The van der Waals surface area contributed by atoms with Gasteiger partial charge in [0.2, 0.25) is 0 Å². The Morgan fingerprint density at radius 3 is 2.47 bits per heavy atom. The molecule has 17 heavy (non-hydrogen) atoms. The molecular formula is C12H17NO4. The van der Waals surface area contributed by atoms with Gasteiger partial charge in [0.25, 0.3) is 0 Å². The Labute approximate surface area is 99.8 Å². The van der Waals surface area contributed by atoms with Gasteiger partial charge >= 0.3 is 5.97 Å². The van der Waals surface area contributed by atoms with Crippen LogP contribution in [-0.2, 0) is 6.42 Å². The summed E-state index contributed by atoms with van der Waals surface area (Å²) >= 11 is 0. The van der Waals surface area contributed by atoms with E-state index in [-0.39, 0.29) is 17.1 Å². The van der Waals surface area contributed by atoms with E-state index in [2.05, 4.69) is 0 Å². The van der Waals surface area contributed by atoms with Crippen LogP contribution in [0.1, 0.15) is 29.8 Å².